The lowest BCUT2D eigenvalue weighted by atomic mass is 9.81. The predicted molar refractivity (Wildman–Crippen MR) is 39.2 cm³/mol. The highest BCUT2D eigenvalue weighted by Gasteiger charge is 2.22. The van der Waals surface area contributed by atoms with E-state index >= 15 is 0 Å². The lowest BCUT2D eigenvalue weighted by molar-refractivity contribution is 0.190. The van der Waals surface area contributed by atoms with Crippen LogP contribution in [0.3, 0.4) is 0 Å². The van der Waals surface area contributed by atoms with Gasteiger partial charge in [0, 0.05) is 0 Å². The Hall–Kier alpha value is -0.0400. The normalized spacial score (nSPS) is 12.0. The van der Waals surface area contributed by atoms with Gasteiger partial charge in [0.15, 0.2) is 0 Å². The van der Waals surface area contributed by atoms with E-state index in [1.807, 2.05) is 0 Å². The van der Waals surface area contributed by atoms with Gasteiger partial charge in [0.1, 0.15) is 0 Å². The maximum absolute atomic E-state index is 8.81. The molecule has 0 aromatic rings. The van der Waals surface area contributed by atoms with Crippen LogP contribution in [0.4, 0.5) is 0 Å². The number of aliphatic hydroxyl groups excluding tert-OH is 1. The van der Waals surface area contributed by atoms with E-state index < -0.39 is 0 Å². The Morgan fingerprint density at radius 1 is 1.44 bits per heavy atom. The number of rotatable bonds is 4. The molecule has 0 unspecified atom stereocenters. The average molecular weight is 128 g/mol. The second-order valence-electron chi connectivity index (χ2n) is 2.45. The summed E-state index contributed by atoms with van der Waals surface area (Å²) in [4.78, 5) is 0. The van der Waals surface area contributed by atoms with Crippen LogP contribution < -0.4 is 0 Å². The van der Waals surface area contributed by atoms with Crippen molar-refractivity contribution in [2.24, 2.45) is 5.41 Å². The van der Waals surface area contributed by atoms with Crippen molar-refractivity contribution in [2.45, 2.75) is 33.1 Å². The SMILES string of the molecule is [CH2]CC([CH]O)(CC)CC. The van der Waals surface area contributed by atoms with Gasteiger partial charge in [-0.05, 0) is 24.7 Å². The zero-order valence-corrected chi connectivity index (χ0v) is 6.35. The van der Waals surface area contributed by atoms with Crippen molar-refractivity contribution in [3.05, 3.63) is 13.5 Å². The summed E-state index contributed by atoms with van der Waals surface area (Å²) in [6.07, 6.45) is 2.74. The molecule has 0 amide bonds. The summed E-state index contributed by atoms with van der Waals surface area (Å²) < 4.78 is 0. The fraction of sp³-hybridized carbons (Fsp3) is 0.750. The summed E-state index contributed by atoms with van der Waals surface area (Å²) in [6.45, 7) is 9.21. The van der Waals surface area contributed by atoms with Crippen LogP contribution in [-0.2, 0) is 0 Å². The molecule has 0 aromatic carbocycles. The highest BCUT2D eigenvalue weighted by atomic mass is 16.3. The van der Waals surface area contributed by atoms with Crippen molar-refractivity contribution in [3.63, 3.8) is 0 Å². The van der Waals surface area contributed by atoms with Crippen LogP contribution in [0.5, 0.6) is 0 Å². The van der Waals surface area contributed by atoms with Gasteiger partial charge < -0.3 is 5.11 Å². The lowest BCUT2D eigenvalue weighted by Crippen LogP contribution is -2.17. The summed E-state index contributed by atoms with van der Waals surface area (Å²) in [5.74, 6) is 0. The van der Waals surface area contributed by atoms with Gasteiger partial charge in [0.05, 0.1) is 6.61 Å². The monoisotopic (exact) mass is 128 g/mol. The highest BCUT2D eigenvalue weighted by Crippen LogP contribution is 2.31. The fourth-order valence-electron chi connectivity index (χ4n) is 0.851. The van der Waals surface area contributed by atoms with E-state index in [9.17, 15) is 0 Å². The van der Waals surface area contributed by atoms with E-state index in [1.54, 1.807) is 0 Å². The minimum absolute atomic E-state index is 0.0139. The molecule has 1 heteroatoms. The predicted octanol–water partition coefficient (Wildman–Crippen LogP) is 2.55. The van der Waals surface area contributed by atoms with Gasteiger partial charge in [-0.2, -0.15) is 0 Å². The van der Waals surface area contributed by atoms with Gasteiger partial charge in [0.2, 0.25) is 0 Å². The molecule has 1 N–H and O–H groups in total. The van der Waals surface area contributed by atoms with Crippen LogP contribution in [0.1, 0.15) is 33.1 Å². The quantitative estimate of drug-likeness (QED) is 0.617. The minimum atomic E-state index is -0.0139. The van der Waals surface area contributed by atoms with E-state index in [0.717, 1.165) is 19.3 Å². The van der Waals surface area contributed by atoms with Gasteiger partial charge in [-0.25, -0.2) is 0 Å². The first-order valence-corrected chi connectivity index (χ1v) is 3.52. The zero-order valence-electron chi connectivity index (χ0n) is 6.35. The van der Waals surface area contributed by atoms with E-state index in [4.69, 9.17) is 5.11 Å². The molecule has 2 radical (unpaired) electrons. The Balaban J connectivity index is 3.82. The zero-order chi connectivity index (χ0) is 7.33. The standard InChI is InChI=1S/C8H16O/c1-4-8(5-2,6-3)7-9/h7,9H,1,4-6H2,2-3H3. The molecule has 54 valence electrons. The average Bonchev–Trinajstić information content (AvgIpc) is 1.95. The molecule has 0 fully saturated rings. The molecule has 0 aliphatic heterocycles. The van der Waals surface area contributed by atoms with E-state index in [1.165, 1.54) is 6.61 Å². The van der Waals surface area contributed by atoms with Crippen LogP contribution in [0.15, 0.2) is 0 Å². The second-order valence-corrected chi connectivity index (χ2v) is 2.45. The second kappa shape index (κ2) is 3.89. The van der Waals surface area contributed by atoms with Crippen LogP contribution >= 0.6 is 0 Å². The molecule has 0 aliphatic carbocycles. The third kappa shape index (κ3) is 1.98. The largest absolute Gasteiger partial charge is 0.390 e. The molecule has 9 heavy (non-hydrogen) atoms. The minimum Gasteiger partial charge on any atom is -0.390 e. The molecule has 1 nitrogen and oxygen atoms in total. The number of hydrogen-bond acceptors (Lipinski definition) is 1. The van der Waals surface area contributed by atoms with Gasteiger partial charge in [0.25, 0.3) is 0 Å². The number of hydrogen-bond donors (Lipinski definition) is 1. The summed E-state index contributed by atoms with van der Waals surface area (Å²) >= 11 is 0. The Morgan fingerprint density at radius 2 is 1.89 bits per heavy atom. The van der Waals surface area contributed by atoms with Gasteiger partial charge in [-0.3, -0.25) is 0 Å². The third-order valence-electron chi connectivity index (χ3n) is 2.18. The maximum atomic E-state index is 8.81. The van der Waals surface area contributed by atoms with Crippen molar-refractivity contribution in [1.82, 2.24) is 0 Å². The first-order chi connectivity index (χ1) is 4.24. The van der Waals surface area contributed by atoms with Crippen LogP contribution in [-0.4, -0.2) is 5.11 Å². The van der Waals surface area contributed by atoms with Crippen molar-refractivity contribution in [2.75, 3.05) is 0 Å². The van der Waals surface area contributed by atoms with E-state index in [2.05, 4.69) is 20.8 Å². The number of aliphatic hydroxyl groups is 1. The highest BCUT2D eigenvalue weighted by molar-refractivity contribution is 4.83. The van der Waals surface area contributed by atoms with Crippen LogP contribution in [0.2, 0.25) is 0 Å². The lowest BCUT2D eigenvalue weighted by Gasteiger charge is -2.26. The van der Waals surface area contributed by atoms with Gasteiger partial charge >= 0.3 is 0 Å². The van der Waals surface area contributed by atoms with Crippen molar-refractivity contribution in [3.8, 4) is 0 Å². The maximum Gasteiger partial charge on any atom is 0.0860 e. The molecule has 0 rings (SSSR count). The Kier molecular flexibility index (Phi) is 3.87. The summed E-state index contributed by atoms with van der Waals surface area (Å²) in [6, 6.07) is 0. The molecule has 0 bridgehead atoms. The Labute approximate surface area is 58.1 Å². The summed E-state index contributed by atoms with van der Waals surface area (Å²) in [5.41, 5.74) is -0.0139. The van der Waals surface area contributed by atoms with Gasteiger partial charge in [-0.1, -0.05) is 20.8 Å². The van der Waals surface area contributed by atoms with Crippen molar-refractivity contribution < 1.29 is 5.11 Å². The van der Waals surface area contributed by atoms with Crippen LogP contribution in [0.25, 0.3) is 0 Å². The third-order valence-corrected chi connectivity index (χ3v) is 2.18. The van der Waals surface area contributed by atoms with Crippen LogP contribution in [0, 0.1) is 18.9 Å². The molecule has 0 spiro atoms. The molecule has 0 heterocycles. The topological polar surface area (TPSA) is 20.2 Å². The molecule has 0 aliphatic rings. The van der Waals surface area contributed by atoms with E-state index in [0.29, 0.717) is 0 Å². The first-order valence-electron chi connectivity index (χ1n) is 3.52. The summed E-state index contributed by atoms with van der Waals surface area (Å²) in [7, 11) is 0. The molecular weight excluding hydrogens is 112 g/mol. The smallest absolute Gasteiger partial charge is 0.0860 e. The first kappa shape index (κ1) is 8.96. The molecule has 0 atom stereocenters. The van der Waals surface area contributed by atoms with Gasteiger partial charge in [-0.15, -0.1) is 0 Å². The summed E-state index contributed by atoms with van der Waals surface area (Å²) in [5, 5.41) is 8.81. The van der Waals surface area contributed by atoms with Crippen molar-refractivity contribution >= 4 is 0 Å². The van der Waals surface area contributed by atoms with E-state index in [-0.39, 0.29) is 5.41 Å². The fourth-order valence-corrected chi connectivity index (χ4v) is 0.851. The molecular formula is C8H16O. The molecule has 0 saturated carbocycles. The van der Waals surface area contributed by atoms with Crippen molar-refractivity contribution in [1.29, 1.82) is 0 Å². The molecule has 0 aromatic heterocycles. The molecule has 0 saturated heterocycles. The Morgan fingerprint density at radius 3 is 1.89 bits per heavy atom. The Bertz CT molecular complexity index is 47.5.